The van der Waals surface area contributed by atoms with Gasteiger partial charge >= 0.3 is 0 Å². The summed E-state index contributed by atoms with van der Waals surface area (Å²) in [6, 6.07) is 5.98. The highest BCUT2D eigenvalue weighted by atomic mass is 79.9. The molecule has 114 valence electrons. The van der Waals surface area contributed by atoms with E-state index in [9.17, 15) is 5.11 Å². The maximum Gasteiger partial charge on any atom is 0.210 e. The van der Waals surface area contributed by atoms with E-state index < -0.39 is 0 Å². The van der Waals surface area contributed by atoms with Gasteiger partial charge in [0.25, 0.3) is 0 Å². The highest BCUT2D eigenvalue weighted by Crippen LogP contribution is 2.37. The van der Waals surface area contributed by atoms with Crippen molar-refractivity contribution in [2.75, 3.05) is 0 Å². The van der Waals surface area contributed by atoms with Gasteiger partial charge in [-0.15, -0.1) is 11.3 Å². The third-order valence-corrected chi connectivity index (χ3v) is 5.22. The van der Waals surface area contributed by atoms with Gasteiger partial charge < -0.3 is 5.11 Å². The zero-order chi connectivity index (χ0) is 15.9. The van der Waals surface area contributed by atoms with Gasteiger partial charge in [0.2, 0.25) is 5.88 Å². The Morgan fingerprint density at radius 1 is 1.45 bits per heavy atom. The molecule has 2 heterocycles. The minimum absolute atomic E-state index is 0.244. The van der Waals surface area contributed by atoms with Crippen LogP contribution in [0.4, 0.5) is 5.69 Å². The largest absolute Gasteiger partial charge is 0.493 e. The number of nitrogens with zero attached hydrogens (tertiary/aromatic N) is 2. The van der Waals surface area contributed by atoms with Gasteiger partial charge in [0.1, 0.15) is 0 Å². The predicted molar refractivity (Wildman–Crippen MR) is 99.8 cm³/mol. The summed E-state index contributed by atoms with van der Waals surface area (Å²) in [6.45, 7) is 4.93. The summed E-state index contributed by atoms with van der Waals surface area (Å²) in [5.41, 5.74) is 2.99. The maximum absolute atomic E-state index is 10.4. The summed E-state index contributed by atoms with van der Waals surface area (Å²) in [5.74, 6) is 0.672. The van der Waals surface area contributed by atoms with Gasteiger partial charge in [0.15, 0.2) is 3.95 Å². The molecule has 0 saturated carbocycles. The van der Waals surface area contributed by atoms with Crippen LogP contribution < -0.4 is 0 Å². The van der Waals surface area contributed by atoms with E-state index in [0.717, 1.165) is 32.7 Å². The first-order chi connectivity index (χ1) is 10.5. The van der Waals surface area contributed by atoms with Crippen LogP contribution in [-0.2, 0) is 6.54 Å². The quantitative estimate of drug-likeness (QED) is 0.681. The van der Waals surface area contributed by atoms with Crippen molar-refractivity contribution in [3.05, 3.63) is 37.1 Å². The number of thiazole rings is 1. The molecule has 1 aliphatic heterocycles. The number of aromatic nitrogens is 1. The molecule has 1 N–H and O–H groups in total. The van der Waals surface area contributed by atoms with E-state index in [0.29, 0.717) is 9.87 Å². The Hall–Kier alpha value is -1.24. The lowest BCUT2D eigenvalue weighted by molar-refractivity contribution is 0.392. The molecule has 0 amide bonds. The second kappa shape index (κ2) is 6.10. The molecule has 3 rings (SSSR count). The molecule has 0 fully saturated rings. The minimum Gasteiger partial charge on any atom is -0.493 e. The number of hydrogen-bond donors (Lipinski definition) is 1. The Kier molecular flexibility index (Phi) is 4.34. The lowest BCUT2D eigenvalue weighted by Gasteiger charge is -2.07. The van der Waals surface area contributed by atoms with Crippen LogP contribution in [0.5, 0.6) is 5.88 Å². The molecule has 0 saturated heterocycles. The Labute approximate surface area is 146 Å². The number of benzene rings is 1. The van der Waals surface area contributed by atoms with Crippen molar-refractivity contribution >= 4 is 63.0 Å². The maximum atomic E-state index is 10.4. The van der Waals surface area contributed by atoms with Crippen molar-refractivity contribution in [1.29, 1.82) is 0 Å². The summed E-state index contributed by atoms with van der Waals surface area (Å²) in [7, 11) is 0. The van der Waals surface area contributed by atoms with Crippen molar-refractivity contribution in [2.45, 2.75) is 20.4 Å². The van der Waals surface area contributed by atoms with Gasteiger partial charge in [-0.05, 0) is 42.4 Å². The molecule has 0 bridgehead atoms. The number of aliphatic imine (C=N–C) groups is 1. The first kappa shape index (κ1) is 15.6. The standard InChI is InChI=1S/C16H15BrN2OS2/c1-9(2)8-19-15(20)14(22-16(19)21)5-10-7-18-13-4-3-11(17)6-12(10)13/h3-7,9,20H,8H2,1-2H3. The lowest BCUT2D eigenvalue weighted by atomic mass is 10.1. The van der Waals surface area contributed by atoms with Gasteiger partial charge in [-0.1, -0.05) is 29.8 Å². The molecular formula is C16H15BrN2OS2. The lowest BCUT2D eigenvalue weighted by Crippen LogP contribution is -2.03. The molecule has 1 aromatic heterocycles. The molecule has 0 unspecified atom stereocenters. The molecule has 1 aromatic carbocycles. The first-order valence-electron chi connectivity index (χ1n) is 6.94. The second-order valence-electron chi connectivity index (χ2n) is 5.58. The monoisotopic (exact) mass is 394 g/mol. The van der Waals surface area contributed by atoms with E-state index in [2.05, 4.69) is 34.8 Å². The van der Waals surface area contributed by atoms with Crippen molar-refractivity contribution in [3.63, 3.8) is 0 Å². The van der Waals surface area contributed by atoms with E-state index in [4.69, 9.17) is 12.2 Å². The number of fused-ring (bicyclic) bond motifs is 1. The van der Waals surface area contributed by atoms with Crippen LogP contribution in [0.2, 0.25) is 0 Å². The fourth-order valence-electron chi connectivity index (χ4n) is 2.35. The van der Waals surface area contributed by atoms with E-state index in [1.54, 1.807) is 4.57 Å². The molecule has 0 radical (unpaired) electrons. The number of halogens is 1. The average Bonchev–Trinajstić information content (AvgIpc) is 2.95. The van der Waals surface area contributed by atoms with Crippen molar-refractivity contribution < 1.29 is 5.11 Å². The van der Waals surface area contributed by atoms with Crippen LogP contribution in [-0.4, -0.2) is 15.9 Å². The summed E-state index contributed by atoms with van der Waals surface area (Å²) in [4.78, 5) is 5.18. The fraction of sp³-hybridized carbons (Fsp3) is 0.250. The van der Waals surface area contributed by atoms with Gasteiger partial charge in [-0.3, -0.25) is 9.56 Å². The van der Waals surface area contributed by atoms with Gasteiger partial charge in [0.05, 0.1) is 10.6 Å². The van der Waals surface area contributed by atoms with E-state index in [-0.39, 0.29) is 5.88 Å². The first-order valence-corrected chi connectivity index (χ1v) is 8.95. The Morgan fingerprint density at radius 2 is 2.23 bits per heavy atom. The van der Waals surface area contributed by atoms with Crippen LogP contribution in [0.15, 0.2) is 27.7 Å². The third-order valence-electron chi connectivity index (χ3n) is 3.34. The molecule has 1 aliphatic rings. The SMILES string of the molecule is CC(C)Cn1c(O)c(C=C2C=Nc3ccc(Br)cc32)sc1=S. The smallest absolute Gasteiger partial charge is 0.210 e. The summed E-state index contributed by atoms with van der Waals surface area (Å²) in [6.07, 6.45) is 3.78. The number of allylic oxidation sites excluding steroid dienone is 1. The minimum atomic E-state index is 0.244. The van der Waals surface area contributed by atoms with Crippen LogP contribution in [0.1, 0.15) is 24.3 Å². The van der Waals surface area contributed by atoms with Crippen molar-refractivity contribution in [1.82, 2.24) is 4.57 Å². The molecule has 3 nitrogen and oxygen atoms in total. The molecule has 2 aromatic rings. The van der Waals surface area contributed by atoms with Crippen molar-refractivity contribution in [3.8, 4) is 5.88 Å². The highest BCUT2D eigenvalue weighted by molar-refractivity contribution is 9.10. The van der Waals surface area contributed by atoms with Gasteiger partial charge in [-0.25, -0.2) is 0 Å². The highest BCUT2D eigenvalue weighted by Gasteiger charge is 2.16. The van der Waals surface area contributed by atoms with E-state index in [1.807, 2.05) is 30.5 Å². The van der Waals surface area contributed by atoms with Gasteiger partial charge in [-0.2, -0.15) is 0 Å². The number of rotatable bonds is 3. The van der Waals surface area contributed by atoms with Crippen LogP contribution in [0, 0.1) is 9.87 Å². The van der Waals surface area contributed by atoms with Crippen LogP contribution in [0.25, 0.3) is 11.6 Å². The molecular weight excluding hydrogens is 380 g/mol. The Bertz CT molecular complexity index is 846. The van der Waals surface area contributed by atoms with E-state index >= 15 is 0 Å². The van der Waals surface area contributed by atoms with Crippen molar-refractivity contribution in [2.24, 2.45) is 10.9 Å². The van der Waals surface area contributed by atoms with E-state index in [1.165, 1.54) is 11.3 Å². The van der Waals surface area contributed by atoms with Crippen LogP contribution in [0.3, 0.4) is 0 Å². The Morgan fingerprint density at radius 3 is 2.95 bits per heavy atom. The summed E-state index contributed by atoms with van der Waals surface area (Å²) in [5, 5.41) is 10.4. The molecule has 0 spiro atoms. The Balaban J connectivity index is 2.04. The van der Waals surface area contributed by atoms with Gasteiger partial charge in [0, 0.05) is 28.4 Å². The normalized spacial score (nSPS) is 15.0. The molecule has 0 aliphatic carbocycles. The summed E-state index contributed by atoms with van der Waals surface area (Å²) >= 11 is 10.3. The predicted octanol–water partition coefficient (Wildman–Crippen LogP) is 5.66. The molecule has 6 heteroatoms. The second-order valence-corrected chi connectivity index (χ2v) is 8.17. The zero-order valence-corrected chi connectivity index (χ0v) is 15.4. The fourth-order valence-corrected chi connectivity index (χ4v) is 3.99. The molecule has 0 atom stereocenters. The summed E-state index contributed by atoms with van der Waals surface area (Å²) < 4.78 is 3.50. The third kappa shape index (κ3) is 2.95. The average molecular weight is 395 g/mol. The van der Waals surface area contributed by atoms with Crippen LogP contribution >= 0.6 is 39.5 Å². The number of aromatic hydroxyl groups is 1. The zero-order valence-electron chi connectivity index (χ0n) is 12.2. The molecule has 22 heavy (non-hydrogen) atoms. The topological polar surface area (TPSA) is 37.5 Å². The number of hydrogen-bond acceptors (Lipinski definition) is 4.